The number of nitrogens with zero attached hydrogens (tertiary/aromatic N) is 1. The molecule has 130 valence electrons. The van der Waals surface area contributed by atoms with Crippen LogP contribution < -0.4 is 10.1 Å². The molecular weight excluding hydrogens is 335 g/mol. The second kappa shape index (κ2) is 8.47. The number of aromatic nitrogens is 1. The Kier molecular flexibility index (Phi) is 6.08. The minimum Gasteiger partial charge on any atom is -0.479 e. The first kappa shape index (κ1) is 18.0. The number of halogens is 1. The first-order valence-electron chi connectivity index (χ1n) is 6.94. The van der Waals surface area contributed by atoms with E-state index in [0.717, 1.165) is 0 Å². The molecule has 0 spiro atoms. The molecule has 0 saturated carbocycles. The average Bonchev–Trinajstić information content (AvgIpc) is 3.06. The Morgan fingerprint density at radius 2 is 2.12 bits per heavy atom. The molecule has 2 heterocycles. The normalized spacial score (nSPS) is 12.4. The van der Waals surface area contributed by atoms with Gasteiger partial charge < -0.3 is 24.7 Å². The number of nitrogens with one attached hydrogen (secondary N) is 1. The lowest BCUT2D eigenvalue weighted by Gasteiger charge is -2.09. The number of aliphatic hydroxyl groups is 1. The van der Waals surface area contributed by atoms with E-state index in [9.17, 15) is 19.1 Å². The third kappa shape index (κ3) is 5.33. The van der Waals surface area contributed by atoms with Gasteiger partial charge in [0.1, 0.15) is 18.1 Å². The van der Waals surface area contributed by atoms with Crippen molar-refractivity contribution in [3.8, 4) is 17.8 Å². The molecule has 0 bridgehead atoms. The maximum atomic E-state index is 12.3. The summed E-state index contributed by atoms with van der Waals surface area (Å²) in [5.74, 6) is 1.92. The zero-order valence-electron chi connectivity index (χ0n) is 12.7. The van der Waals surface area contributed by atoms with Gasteiger partial charge in [-0.25, -0.2) is 9.18 Å². The number of hydrogen-bond donors (Lipinski definition) is 3. The van der Waals surface area contributed by atoms with E-state index in [4.69, 9.17) is 14.3 Å². The lowest BCUT2D eigenvalue weighted by Crippen LogP contribution is -2.40. The first-order valence-corrected chi connectivity index (χ1v) is 6.94. The third-order valence-corrected chi connectivity index (χ3v) is 2.77. The molecule has 0 aromatic carbocycles. The van der Waals surface area contributed by atoms with Gasteiger partial charge in [-0.1, -0.05) is 12.0 Å². The molecule has 0 radical (unpaired) electrons. The average molecular weight is 348 g/mol. The summed E-state index contributed by atoms with van der Waals surface area (Å²) >= 11 is 0. The van der Waals surface area contributed by atoms with Gasteiger partial charge >= 0.3 is 5.97 Å². The number of ether oxygens (including phenoxy) is 1. The number of alkyl halides is 1. The fraction of sp³-hybridized carbons (Fsp3) is 0.188. The highest BCUT2D eigenvalue weighted by molar-refractivity contribution is 5.95. The van der Waals surface area contributed by atoms with Crippen LogP contribution in [0, 0.1) is 11.8 Å². The smallest absolute Gasteiger partial charge is 0.338 e. The Balaban J connectivity index is 2.00. The predicted octanol–water partition coefficient (Wildman–Crippen LogP) is 0.728. The number of hydrogen-bond acceptors (Lipinski definition) is 6. The SMILES string of the molecule is O=C(NC(C#CC(O)Oc1ccc(CF)o1)C(=O)O)c1ccccn1. The number of carboxylic acid groups (broad SMARTS) is 1. The fourth-order valence-corrected chi connectivity index (χ4v) is 1.65. The second-order valence-corrected chi connectivity index (χ2v) is 4.57. The van der Waals surface area contributed by atoms with Crippen LogP contribution in [0.5, 0.6) is 5.95 Å². The van der Waals surface area contributed by atoms with Crippen molar-refractivity contribution in [3.05, 3.63) is 48.0 Å². The summed E-state index contributed by atoms with van der Waals surface area (Å²) in [6.07, 6.45) is -0.351. The second-order valence-electron chi connectivity index (χ2n) is 4.57. The molecule has 9 heteroatoms. The van der Waals surface area contributed by atoms with Crippen LogP contribution in [0.4, 0.5) is 4.39 Å². The summed E-state index contributed by atoms with van der Waals surface area (Å²) in [5, 5.41) is 20.8. The molecule has 2 aromatic rings. The van der Waals surface area contributed by atoms with Crippen molar-refractivity contribution in [2.45, 2.75) is 19.0 Å². The highest BCUT2D eigenvalue weighted by Crippen LogP contribution is 2.17. The Morgan fingerprint density at radius 1 is 1.32 bits per heavy atom. The number of carbonyl (C=O) groups excluding carboxylic acids is 1. The van der Waals surface area contributed by atoms with E-state index in [1.165, 1.54) is 24.4 Å². The van der Waals surface area contributed by atoms with Crippen LogP contribution in [0.3, 0.4) is 0 Å². The molecule has 2 unspecified atom stereocenters. The van der Waals surface area contributed by atoms with E-state index in [-0.39, 0.29) is 17.4 Å². The summed E-state index contributed by atoms with van der Waals surface area (Å²) in [5.41, 5.74) is 0.0154. The number of amides is 1. The summed E-state index contributed by atoms with van der Waals surface area (Å²) < 4.78 is 22.0. The highest BCUT2D eigenvalue weighted by Gasteiger charge is 2.19. The van der Waals surface area contributed by atoms with Crippen LogP contribution in [-0.2, 0) is 11.5 Å². The van der Waals surface area contributed by atoms with Crippen molar-refractivity contribution >= 4 is 11.9 Å². The van der Waals surface area contributed by atoms with Crippen LogP contribution in [-0.4, -0.2) is 39.4 Å². The third-order valence-electron chi connectivity index (χ3n) is 2.77. The molecule has 2 aromatic heterocycles. The van der Waals surface area contributed by atoms with Gasteiger partial charge in [0.2, 0.25) is 0 Å². The largest absolute Gasteiger partial charge is 0.479 e. The van der Waals surface area contributed by atoms with Crippen molar-refractivity contribution in [1.29, 1.82) is 0 Å². The van der Waals surface area contributed by atoms with Crippen LogP contribution in [0.1, 0.15) is 16.2 Å². The molecule has 2 rings (SSSR count). The molecule has 0 aliphatic carbocycles. The van der Waals surface area contributed by atoms with Crippen molar-refractivity contribution < 1.29 is 33.3 Å². The summed E-state index contributed by atoms with van der Waals surface area (Å²) in [6, 6.07) is 5.56. The van der Waals surface area contributed by atoms with E-state index >= 15 is 0 Å². The molecule has 0 aliphatic rings. The van der Waals surface area contributed by atoms with Crippen molar-refractivity contribution in [1.82, 2.24) is 10.3 Å². The van der Waals surface area contributed by atoms with Gasteiger partial charge in [-0.3, -0.25) is 9.78 Å². The molecule has 25 heavy (non-hydrogen) atoms. The molecule has 0 saturated heterocycles. The topological polar surface area (TPSA) is 122 Å². The maximum Gasteiger partial charge on any atom is 0.338 e. The van der Waals surface area contributed by atoms with Crippen LogP contribution >= 0.6 is 0 Å². The minimum atomic E-state index is -1.73. The zero-order valence-corrected chi connectivity index (χ0v) is 12.7. The van der Waals surface area contributed by atoms with Gasteiger partial charge in [-0.15, -0.1) is 0 Å². The van der Waals surface area contributed by atoms with Crippen molar-refractivity contribution in [2.24, 2.45) is 0 Å². The maximum absolute atomic E-state index is 12.3. The molecule has 0 aliphatic heterocycles. The van der Waals surface area contributed by atoms with E-state index in [1.54, 1.807) is 12.1 Å². The number of carboxylic acids is 1. The van der Waals surface area contributed by atoms with Gasteiger partial charge in [-0.2, -0.15) is 0 Å². The minimum absolute atomic E-state index is 0.00111. The number of furan rings is 1. The summed E-state index contributed by atoms with van der Waals surface area (Å²) in [7, 11) is 0. The van der Waals surface area contributed by atoms with E-state index in [0.29, 0.717) is 0 Å². The van der Waals surface area contributed by atoms with E-state index in [2.05, 4.69) is 22.1 Å². The number of aliphatic carboxylic acids is 1. The lowest BCUT2D eigenvalue weighted by atomic mass is 10.2. The highest BCUT2D eigenvalue weighted by atomic mass is 19.1. The lowest BCUT2D eigenvalue weighted by molar-refractivity contribution is -0.137. The fourth-order valence-electron chi connectivity index (χ4n) is 1.65. The monoisotopic (exact) mass is 348 g/mol. The van der Waals surface area contributed by atoms with Crippen molar-refractivity contribution in [3.63, 3.8) is 0 Å². The number of pyridine rings is 1. The Labute approximate surface area is 141 Å². The molecule has 8 nitrogen and oxygen atoms in total. The van der Waals surface area contributed by atoms with Gasteiger partial charge in [-0.05, 0) is 24.1 Å². The molecule has 3 N–H and O–H groups in total. The van der Waals surface area contributed by atoms with E-state index in [1.807, 2.05) is 0 Å². The summed E-state index contributed by atoms with van der Waals surface area (Å²) in [4.78, 5) is 26.8. The first-order chi connectivity index (χ1) is 12.0. The number of carbonyl (C=O) groups is 2. The van der Waals surface area contributed by atoms with E-state index < -0.39 is 30.9 Å². The Morgan fingerprint density at radius 3 is 2.72 bits per heavy atom. The number of aliphatic hydroxyl groups excluding tert-OH is 1. The summed E-state index contributed by atoms with van der Waals surface area (Å²) in [6.45, 7) is -0.841. The van der Waals surface area contributed by atoms with Gasteiger partial charge in [0, 0.05) is 12.3 Å². The Bertz CT molecular complexity index is 796. The van der Waals surface area contributed by atoms with Gasteiger partial charge in [0.05, 0.1) is 0 Å². The standard InChI is InChI=1S/C16H13FN2O6/c17-9-10-4-7-14(24-10)25-13(20)6-5-12(16(22)23)19-15(21)11-3-1-2-8-18-11/h1-4,7-8,12-13,20H,9H2,(H,19,21)(H,22,23). The predicted molar refractivity (Wildman–Crippen MR) is 81.1 cm³/mol. The molecular formula is C16H13FN2O6. The van der Waals surface area contributed by atoms with Crippen molar-refractivity contribution in [2.75, 3.05) is 0 Å². The van der Waals surface area contributed by atoms with Crippen LogP contribution in [0.2, 0.25) is 0 Å². The molecule has 1 amide bonds. The zero-order chi connectivity index (χ0) is 18.2. The number of rotatable bonds is 6. The molecule has 2 atom stereocenters. The van der Waals surface area contributed by atoms with Crippen LogP contribution in [0.15, 0.2) is 40.9 Å². The van der Waals surface area contributed by atoms with Gasteiger partial charge in [0.25, 0.3) is 18.1 Å². The van der Waals surface area contributed by atoms with Gasteiger partial charge in [0.15, 0.2) is 6.04 Å². The molecule has 0 fully saturated rings. The Hall–Kier alpha value is -3.38. The quantitative estimate of drug-likeness (QED) is 0.519. The van der Waals surface area contributed by atoms with Crippen LogP contribution in [0.25, 0.3) is 0 Å².